The highest BCUT2D eigenvalue weighted by molar-refractivity contribution is 5.68. The first kappa shape index (κ1) is 13.2. The molecule has 2 heterocycles. The van der Waals surface area contributed by atoms with Crippen LogP contribution in [0.5, 0.6) is 0 Å². The number of hydrogen-bond acceptors (Lipinski definition) is 4. The SMILES string of the molecule is CC(C)C1CCN(C(=O)OC2COC2)CC1C#N. The summed E-state index contributed by atoms with van der Waals surface area (Å²) < 4.78 is 10.2. The van der Waals surface area contributed by atoms with E-state index in [2.05, 4.69) is 19.9 Å². The van der Waals surface area contributed by atoms with Crippen molar-refractivity contribution in [2.45, 2.75) is 26.4 Å². The zero-order valence-electron chi connectivity index (χ0n) is 11.0. The number of carbonyl (C=O) groups is 1. The van der Waals surface area contributed by atoms with E-state index in [0.29, 0.717) is 38.1 Å². The Hall–Kier alpha value is -1.28. The lowest BCUT2D eigenvalue weighted by Gasteiger charge is -2.38. The van der Waals surface area contributed by atoms with Crippen molar-refractivity contribution < 1.29 is 14.3 Å². The van der Waals surface area contributed by atoms with Crippen molar-refractivity contribution in [2.75, 3.05) is 26.3 Å². The molecule has 18 heavy (non-hydrogen) atoms. The molecule has 0 aliphatic carbocycles. The van der Waals surface area contributed by atoms with Crippen molar-refractivity contribution >= 4 is 6.09 Å². The number of piperidine rings is 1. The Kier molecular flexibility index (Phi) is 4.07. The first-order chi connectivity index (χ1) is 8.61. The van der Waals surface area contributed by atoms with E-state index in [1.165, 1.54) is 0 Å². The Bertz CT molecular complexity index is 347. The lowest BCUT2D eigenvalue weighted by atomic mass is 9.79. The largest absolute Gasteiger partial charge is 0.441 e. The molecule has 5 nitrogen and oxygen atoms in total. The maximum absolute atomic E-state index is 11.9. The van der Waals surface area contributed by atoms with Crippen LogP contribution >= 0.6 is 0 Å². The standard InChI is InChI=1S/C13H20N2O3/c1-9(2)12-3-4-15(6-10(12)5-14)13(16)18-11-7-17-8-11/h9-12H,3-4,6-8H2,1-2H3. The summed E-state index contributed by atoms with van der Waals surface area (Å²) in [4.78, 5) is 13.5. The monoisotopic (exact) mass is 252 g/mol. The Morgan fingerprint density at radius 1 is 1.50 bits per heavy atom. The number of amides is 1. The van der Waals surface area contributed by atoms with Gasteiger partial charge in [-0.2, -0.15) is 5.26 Å². The van der Waals surface area contributed by atoms with E-state index < -0.39 is 0 Å². The topological polar surface area (TPSA) is 62.6 Å². The van der Waals surface area contributed by atoms with E-state index in [4.69, 9.17) is 9.47 Å². The second kappa shape index (κ2) is 5.57. The molecule has 2 aliphatic heterocycles. The van der Waals surface area contributed by atoms with Gasteiger partial charge in [-0.3, -0.25) is 0 Å². The number of nitriles is 1. The molecule has 0 bridgehead atoms. The molecular formula is C13H20N2O3. The van der Waals surface area contributed by atoms with Gasteiger partial charge in [-0.05, 0) is 18.3 Å². The van der Waals surface area contributed by atoms with Crippen LogP contribution in [0, 0.1) is 29.1 Å². The summed E-state index contributed by atoms with van der Waals surface area (Å²) >= 11 is 0. The third-order valence-corrected chi connectivity index (χ3v) is 3.82. The van der Waals surface area contributed by atoms with Gasteiger partial charge in [-0.15, -0.1) is 0 Å². The molecule has 1 amide bonds. The molecule has 0 spiro atoms. The Morgan fingerprint density at radius 3 is 2.72 bits per heavy atom. The lowest BCUT2D eigenvalue weighted by molar-refractivity contribution is -0.106. The average Bonchev–Trinajstić information content (AvgIpc) is 2.32. The van der Waals surface area contributed by atoms with Gasteiger partial charge in [0.2, 0.25) is 0 Å². The predicted octanol–water partition coefficient (Wildman–Crippen LogP) is 1.64. The van der Waals surface area contributed by atoms with Gasteiger partial charge in [-0.25, -0.2) is 4.79 Å². The second-order valence-corrected chi connectivity index (χ2v) is 5.42. The number of carbonyl (C=O) groups excluding carboxylic acids is 1. The highest BCUT2D eigenvalue weighted by Crippen LogP contribution is 2.30. The minimum Gasteiger partial charge on any atom is -0.441 e. The van der Waals surface area contributed by atoms with E-state index in [1.807, 2.05) is 0 Å². The molecule has 2 atom stereocenters. The maximum atomic E-state index is 11.9. The molecule has 100 valence electrons. The fourth-order valence-corrected chi connectivity index (χ4v) is 2.57. The van der Waals surface area contributed by atoms with Crippen molar-refractivity contribution in [1.82, 2.24) is 4.90 Å². The fraction of sp³-hybridized carbons (Fsp3) is 0.846. The molecule has 5 heteroatoms. The molecule has 2 fully saturated rings. The van der Waals surface area contributed by atoms with Crippen molar-refractivity contribution in [3.63, 3.8) is 0 Å². The molecule has 2 aliphatic rings. The maximum Gasteiger partial charge on any atom is 0.410 e. The zero-order valence-corrected chi connectivity index (χ0v) is 11.0. The third kappa shape index (κ3) is 2.75. The highest BCUT2D eigenvalue weighted by atomic mass is 16.6. The molecule has 0 aromatic heterocycles. The van der Waals surface area contributed by atoms with E-state index in [1.54, 1.807) is 4.90 Å². The summed E-state index contributed by atoms with van der Waals surface area (Å²) in [7, 11) is 0. The number of nitrogens with zero attached hydrogens (tertiary/aromatic N) is 2. The van der Waals surface area contributed by atoms with Crippen LogP contribution in [-0.2, 0) is 9.47 Å². The molecule has 2 rings (SSSR count). The van der Waals surface area contributed by atoms with Crippen LogP contribution in [0.4, 0.5) is 4.79 Å². The predicted molar refractivity (Wildman–Crippen MR) is 64.7 cm³/mol. The molecule has 0 radical (unpaired) electrons. The third-order valence-electron chi connectivity index (χ3n) is 3.82. The normalized spacial score (nSPS) is 28.7. The van der Waals surface area contributed by atoms with Crippen LogP contribution in [0.2, 0.25) is 0 Å². The summed E-state index contributed by atoms with van der Waals surface area (Å²) in [5, 5.41) is 9.20. The summed E-state index contributed by atoms with van der Waals surface area (Å²) in [5.74, 6) is 0.780. The number of ether oxygens (including phenoxy) is 2. The Morgan fingerprint density at radius 2 is 2.22 bits per heavy atom. The highest BCUT2D eigenvalue weighted by Gasteiger charge is 2.35. The minimum atomic E-state index is -0.300. The van der Waals surface area contributed by atoms with E-state index in [-0.39, 0.29) is 18.1 Å². The summed E-state index contributed by atoms with van der Waals surface area (Å²) in [6.07, 6.45) is 0.484. The van der Waals surface area contributed by atoms with Crippen LogP contribution in [-0.4, -0.2) is 43.4 Å². The van der Waals surface area contributed by atoms with Crippen molar-refractivity contribution in [3.05, 3.63) is 0 Å². The number of hydrogen-bond donors (Lipinski definition) is 0. The Balaban J connectivity index is 1.88. The van der Waals surface area contributed by atoms with Gasteiger partial charge in [0.15, 0.2) is 6.10 Å². The summed E-state index contributed by atoms with van der Waals surface area (Å²) in [6, 6.07) is 2.33. The average molecular weight is 252 g/mol. The van der Waals surface area contributed by atoms with E-state index >= 15 is 0 Å². The lowest BCUT2D eigenvalue weighted by Crippen LogP contribution is -2.48. The summed E-state index contributed by atoms with van der Waals surface area (Å²) in [5.41, 5.74) is 0. The molecule has 2 unspecified atom stereocenters. The van der Waals surface area contributed by atoms with Crippen molar-refractivity contribution in [1.29, 1.82) is 5.26 Å². The molecule has 0 aromatic carbocycles. The number of likely N-dealkylation sites (tertiary alicyclic amines) is 1. The smallest absolute Gasteiger partial charge is 0.410 e. The molecular weight excluding hydrogens is 232 g/mol. The van der Waals surface area contributed by atoms with Gasteiger partial charge in [0.25, 0.3) is 0 Å². The second-order valence-electron chi connectivity index (χ2n) is 5.42. The molecule has 0 saturated carbocycles. The zero-order chi connectivity index (χ0) is 13.1. The van der Waals surface area contributed by atoms with Gasteiger partial charge >= 0.3 is 6.09 Å². The summed E-state index contributed by atoms with van der Waals surface area (Å²) in [6.45, 7) is 6.44. The fourth-order valence-electron chi connectivity index (χ4n) is 2.57. The minimum absolute atomic E-state index is 0.0797. The van der Waals surface area contributed by atoms with Crippen LogP contribution < -0.4 is 0 Å². The van der Waals surface area contributed by atoms with E-state index in [9.17, 15) is 10.1 Å². The molecule has 0 aromatic rings. The van der Waals surface area contributed by atoms with Gasteiger partial charge in [0.05, 0.1) is 25.2 Å². The van der Waals surface area contributed by atoms with Crippen LogP contribution in [0.25, 0.3) is 0 Å². The van der Waals surface area contributed by atoms with Gasteiger partial charge in [0, 0.05) is 13.1 Å². The van der Waals surface area contributed by atoms with Gasteiger partial charge in [0.1, 0.15) is 0 Å². The molecule has 2 saturated heterocycles. The van der Waals surface area contributed by atoms with Crippen LogP contribution in [0.3, 0.4) is 0 Å². The quantitative estimate of drug-likeness (QED) is 0.749. The van der Waals surface area contributed by atoms with Crippen LogP contribution in [0.15, 0.2) is 0 Å². The van der Waals surface area contributed by atoms with Gasteiger partial charge < -0.3 is 14.4 Å². The van der Waals surface area contributed by atoms with E-state index in [0.717, 1.165) is 6.42 Å². The first-order valence-electron chi connectivity index (χ1n) is 6.54. The van der Waals surface area contributed by atoms with Crippen molar-refractivity contribution in [3.8, 4) is 6.07 Å². The molecule has 0 N–H and O–H groups in total. The van der Waals surface area contributed by atoms with Crippen LogP contribution in [0.1, 0.15) is 20.3 Å². The van der Waals surface area contributed by atoms with Gasteiger partial charge in [-0.1, -0.05) is 13.8 Å². The Labute approximate surface area is 108 Å². The van der Waals surface area contributed by atoms with Crippen molar-refractivity contribution in [2.24, 2.45) is 17.8 Å². The first-order valence-corrected chi connectivity index (χ1v) is 6.54. The number of rotatable bonds is 2.